The summed E-state index contributed by atoms with van der Waals surface area (Å²) in [5, 5.41) is 3.08. The fourth-order valence-electron chi connectivity index (χ4n) is 3.95. The van der Waals surface area contributed by atoms with Gasteiger partial charge >= 0.3 is 0 Å². The molecule has 0 bridgehead atoms. The number of hydrogen-bond donors (Lipinski definition) is 1. The summed E-state index contributed by atoms with van der Waals surface area (Å²) in [6.07, 6.45) is 0.688. The molecular formula is C22H25FN4O3S. The van der Waals surface area contributed by atoms with E-state index in [1.165, 1.54) is 18.2 Å². The molecule has 1 amide bonds. The van der Waals surface area contributed by atoms with Crippen LogP contribution >= 0.6 is 0 Å². The van der Waals surface area contributed by atoms with Crippen LogP contribution in [0.15, 0.2) is 57.8 Å². The maximum absolute atomic E-state index is 13.1. The number of para-hydroxylation sites is 1. The SMILES string of the molecule is CC(CC(=O)N1CCN(c2ccc(F)cc2)CC1)CC1=NS(=O)(=O)c2ccccc2N1. The van der Waals surface area contributed by atoms with Gasteiger partial charge in [0.2, 0.25) is 5.91 Å². The molecule has 0 aliphatic carbocycles. The van der Waals surface area contributed by atoms with Crippen molar-refractivity contribution in [2.24, 2.45) is 10.3 Å². The highest BCUT2D eigenvalue weighted by atomic mass is 32.2. The van der Waals surface area contributed by atoms with Crippen molar-refractivity contribution in [3.05, 3.63) is 54.3 Å². The van der Waals surface area contributed by atoms with Gasteiger partial charge in [-0.2, -0.15) is 8.42 Å². The van der Waals surface area contributed by atoms with E-state index in [4.69, 9.17) is 0 Å². The van der Waals surface area contributed by atoms with Crippen LogP contribution in [0.3, 0.4) is 0 Å². The first kappa shape index (κ1) is 21.3. The van der Waals surface area contributed by atoms with E-state index in [0.717, 1.165) is 5.69 Å². The molecule has 4 rings (SSSR count). The minimum Gasteiger partial charge on any atom is -0.368 e. The molecule has 2 heterocycles. The minimum atomic E-state index is -3.72. The molecule has 1 unspecified atom stereocenters. The second-order valence-electron chi connectivity index (χ2n) is 7.99. The van der Waals surface area contributed by atoms with Crippen LogP contribution in [0, 0.1) is 11.7 Å². The number of anilines is 2. The molecule has 1 atom stereocenters. The Balaban J connectivity index is 1.30. The fourth-order valence-corrected chi connectivity index (χ4v) is 5.11. The zero-order valence-corrected chi connectivity index (χ0v) is 18.1. The standard InChI is InChI=1S/C22H25FN4O3S/c1-16(14-21-24-19-4-2-3-5-20(19)31(29,30)25-21)15-22(28)27-12-10-26(11-13-27)18-8-6-17(23)7-9-18/h2-9,16H,10-15H2,1H3,(H,24,25). The van der Waals surface area contributed by atoms with Gasteiger partial charge < -0.3 is 15.1 Å². The number of nitrogens with one attached hydrogen (secondary N) is 1. The highest BCUT2D eigenvalue weighted by Gasteiger charge is 2.27. The van der Waals surface area contributed by atoms with Crippen LogP contribution in [0.5, 0.6) is 0 Å². The van der Waals surface area contributed by atoms with Crippen molar-refractivity contribution in [1.82, 2.24) is 4.90 Å². The van der Waals surface area contributed by atoms with Gasteiger partial charge in [0.25, 0.3) is 10.0 Å². The van der Waals surface area contributed by atoms with Crippen LogP contribution < -0.4 is 10.2 Å². The molecule has 1 saturated heterocycles. The Morgan fingerprint density at radius 2 is 1.77 bits per heavy atom. The Labute approximate surface area is 181 Å². The third-order valence-corrected chi connectivity index (χ3v) is 6.94. The number of nitrogens with zero attached hydrogens (tertiary/aromatic N) is 3. The predicted octanol–water partition coefficient (Wildman–Crippen LogP) is 3.10. The molecule has 7 nitrogen and oxygen atoms in total. The maximum Gasteiger partial charge on any atom is 0.286 e. The number of fused-ring (bicyclic) bond motifs is 1. The van der Waals surface area contributed by atoms with E-state index in [1.54, 1.807) is 30.3 Å². The Kier molecular flexibility index (Phi) is 5.95. The maximum atomic E-state index is 13.1. The monoisotopic (exact) mass is 444 g/mol. The van der Waals surface area contributed by atoms with Crippen LogP contribution in [-0.2, 0) is 14.8 Å². The number of carbonyl (C=O) groups is 1. The van der Waals surface area contributed by atoms with Crippen molar-refractivity contribution < 1.29 is 17.6 Å². The molecule has 31 heavy (non-hydrogen) atoms. The van der Waals surface area contributed by atoms with E-state index in [0.29, 0.717) is 50.5 Å². The smallest absolute Gasteiger partial charge is 0.286 e. The summed E-state index contributed by atoms with van der Waals surface area (Å²) in [6.45, 7) is 4.50. The summed E-state index contributed by atoms with van der Waals surface area (Å²) in [7, 11) is -3.72. The number of rotatable bonds is 5. The van der Waals surface area contributed by atoms with Gasteiger partial charge in [-0.15, -0.1) is 4.40 Å². The van der Waals surface area contributed by atoms with E-state index in [2.05, 4.69) is 14.6 Å². The van der Waals surface area contributed by atoms with Gasteiger partial charge in [-0.05, 0) is 42.3 Å². The van der Waals surface area contributed by atoms with Crippen molar-refractivity contribution in [3.63, 3.8) is 0 Å². The number of carbonyl (C=O) groups excluding carboxylic acids is 1. The summed E-state index contributed by atoms with van der Waals surface area (Å²) in [5.74, 6) is 0.0836. The van der Waals surface area contributed by atoms with E-state index in [-0.39, 0.29) is 22.5 Å². The second-order valence-corrected chi connectivity index (χ2v) is 9.56. The topological polar surface area (TPSA) is 82.1 Å². The van der Waals surface area contributed by atoms with E-state index in [1.807, 2.05) is 11.8 Å². The van der Waals surface area contributed by atoms with Gasteiger partial charge in [0.05, 0.1) is 5.69 Å². The largest absolute Gasteiger partial charge is 0.368 e. The Bertz CT molecular complexity index is 1090. The third kappa shape index (κ3) is 4.87. The first-order chi connectivity index (χ1) is 14.8. The van der Waals surface area contributed by atoms with Crippen molar-refractivity contribution in [3.8, 4) is 0 Å². The van der Waals surface area contributed by atoms with Crippen molar-refractivity contribution in [2.75, 3.05) is 36.4 Å². The number of hydrogen-bond acceptors (Lipinski definition) is 5. The lowest BCUT2D eigenvalue weighted by Gasteiger charge is -2.36. The van der Waals surface area contributed by atoms with Crippen LogP contribution in [0.2, 0.25) is 0 Å². The van der Waals surface area contributed by atoms with Gasteiger partial charge in [-0.3, -0.25) is 4.79 Å². The average molecular weight is 445 g/mol. The lowest BCUT2D eigenvalue weighted by Crippen LogP contribution is -2.49. The number of benzene rings is 2. The van der Waals surface area contributed by atoms with E-state index < -0.39 is 10.0 Å². The summed E-state index contributed by atoms with van der Waals surface area (Å²) in [5.41, 5.74) is 1.47. The normalized spacial score (nSPS) is 18.6. The van der Waals surface area contributed by atoms with Gasteiger partial charge in [0, 0.05) is 44.7 Å². The number of halogens is 1. The summed E-state index contributed by atoms with van der Waals surface area (Å²) in [4.78, 5) is 16.9. The molecule has 2 aromatic rings. The molecule has 2 aromatic carbocycles. The molecule has 9 heteroatoms. The molecular weight excluding hydrogens is 419 g/mol. The minimum absolute atomic E-state index is 0.0472. The molecule has 0 aromatic heterocycles. The van der Waals surface area contributed by atoms with Gasteiger partial charge in [-0.25, -0.2) is 4.39 Å². The zero-order chi connectivity index (χ0) is 22.0. The lowest BCUT2D eigenvalue weighted by atomic mass is 10.0. The molecule has 1 fully saturated rings. The van der Waals surface area contributed by atoms with E-state index in [9.17, 15) is 17.6 Å². The second kappa shape index (κ2) is 8.66. The third-order valence-electron chi connectivity index (χ3n) is 5.56. The van der Waals surface area contributed by atoms with Crippen molar-refractivity contribution in [1.29, 1.82) is 0 Å². The molecule has 1 N–H and O–H groups in total. The Hall–Kier alpha value is -2.94. The van der Waals surface area contributed by atoms with Gasteiger partial charge in [-0.1, -0.05) is 19.1 Å². The molecule has 2 aliphatic heterocycles. The first-order valence-electron chi connectivity index (χ1n) is 10.3. The summed E-state index contributed by atoms with van der Waals surface area (Å²) < 4.78 is 41.7. The fraction of sp³-hybridized carbons (Fsp3) is 0.364. The summed E-state index contributed by atoms with van der Waals surface area (Å²) in [6, 6.07) is 13.0. The predicted molar refractivity (Wildman–Crippen MR) is 118 cm³/mol. The van der Waals surface area contributed by atoms with Gasteiger partial charge in [0.15, 0.2) is 0 Å². The highest BCUT2D eigenvalue weighted by molar-refractivity contribution is 7.90. The van der Waals surface area contributed by atoms with Crippen molar-refractivity contribution >= 4 is 33.1 Å². The number of amidine groups is 1. The summed E-state index contributed by atoms with van der Waals surface area (Å²) >= 11 is 0. The number of amides is 1. The average Bonchev–Trinajstić information content (AvgIpc) is 2.74. The number of sulfonamides is 1. The Morgan fingerprint density at radius 1 is 1.10 bits per heavy atom. The van der Waals surface area contributed by atoms with Crippen LogP contribution in [0.1, 0.15) is 19.8 Å². The number of piperazine rings is 1. The van der Waals surface area contributed by atoms with Crippen LogP contribution in [-0.4, -0.2) is 51.2 Å². The molecule has 2 aliphatic rings. The first-order valence-corrected chi connectivity index (χ1v) is 11.7. The van der Waals surface area contributed by atoms with Crippen molar-refractivity contribution in [2.45, 2.75) is 24.7 Å². The van der Waals surface area contributed by atoms with E-state index >= 15 is 0 Å². The van der Waals surface area contributed by atoms with Crippen LogP contribution in [0.4, 0.5) is 15.8 Å². The molecule has 0 radical (unpaired) electrons. The zero-order valence-electron chi connectivity index (χ0n) is 17.3. The van der Waals surface area contributed by atoms with Gasteiger partial charge in [0.1, 0.15) is 16.5 Å². The molecule has 164 valence electrons. The Morgan fingerprint density at radius 3 is 2.48 bits per heavy atom. The molecule has 0 saturated carbocycles. The lowest BCUT2D eigenvalue weighted by molar-refractivity contribution is -0.132. The van der Waals surface area contributed by atoms with Crippen LogP contribution in [0.25, 0.3) is 0 Å². The highest BCUT2D eigenvalue weighted by Crippen LogP contribution is 2.28. The quantitative estimate of drug-likeness (QED) is 0.766. The molecule has 0 spiro atoms.